The van der Waals surface area contributed by atoms with E-state index in [1.807, 2.05) is 45.0 Å². The highest BCUT2D eigenvalue weighted by molar-refractivity contribution is 7.15. The topological polar surface area (TPSA) is 63.7 Å². The van der Waals surface area contributed by atoms with Gasteiger partial charge in [0.1, 0.15) is 11.5 Å². The maximum absolute atomic E-state index is 12.6. The van der Waals surface area contributed by atoms with E-state index in [0.717, 1.165) is 48.0 Å². The van der Waals surface area contributed by atoms with Gasteiger partial charge in [0, 0.05) is 4.88 Å². The Hall–Kier alpha value is -2.12. The Morgan fingerprint density at radius 3 is 2.46 bits per heavy atom. The number of nitrogens with one attached hydrogen (secondary N) is 1. The highest BCUT2D eigenvalue weighted by Crippen LogP contribution is 2.24. The first-order valence-electron chi connectivity index (χ1n) is 9.72. The quantitative estimate of drug-likeness (QED) is 0.760. The molecule has 1 amide bonds. The number of carbonyl (C=O) groups is 1. The van der Waals surface area contributed by atoms with Crippen molar-refractivity contribution >= 4 is 22.4 Å². The number of piperidine rings is 1. The summed E-state index contributed by atoms with van der Waals surface area (Å²) in [4.78, 5) is 20.3. The number of nitrogens with zero attached hydrogens (tertiary/aromatic N) is 2. The van der Waals surface area contributed by atoms with Crippen LogP contribution >= 0.6 is 11.3 Å². The molecule has 1 aliphatic heterocycles. The highest BCUT2D eigenvalue weighted by atomic mass is 32.1. The number of benzene rings is 1. The first kappa shape index (κ1) is 20.6. The third-order valence-corrected chi connectivity index (χ3v) is 6.37. The average Bonchev–Trinajstić information content (AvgIpc) is 3.03. The molecule has 2 aromatic rings. The van der Waals surface area contributed by atoms with Gasteiger partial charge in [-0.25, -0.2) is 4.98 Å². The van der Waals surface area contributed by atoms with E-state index < -0.39 is 0 Å². The lowest BCUT2D eigenvalue weighted by Crippen LogP contribution is -2.46. The zero-order chi connectivity index (χ0) is 20.1. The first-order valence-corrected chi connectivity index (χ1v) is 10.5. The van der Waals surface area contributed by atoms with Crippen LogP contribution in [0.4, 0.5) is 5.13 Å². The van der Waals surface area contributed by atoms with Gasteiger partial charge in [0.25, 0.3) is 0 Å². The van der Waals surface area contributed by atoms with Gasteiger partial charge in [0.05, 0.1) is 25.5 Å². The predicted octanol–water partition coefficient (Wildman–Crippen LogP) is 3.89. The number of thiazole rings is 1. The molecule has 152 valence electrons. The van der Waals surface area contributed by atoms with Crippen molar-refractivity contribution in [1.82, 2.24) is 9.88 Å². The number of carbonyl (C=O) groups excluding carboxylic acids is 1. The minimum Gasteiger partial charge on any atom is -0.497 e. The van der Waals surface area contributed by atoms with Crippen molar-refractivity contribution in [3.63, 3.8) is 0 Å². The minimum absolute atomic E-state index is 0.0154. The van der Waals surface area contributed by atoms with Crippen LogP contribution in [0, 0.1) is 19.8 Å². The second-order valence-electron chi connectivity index (χ2n) is 7.29. The summed E-state index contributed by atoms with van der Waals surface area (Å²) in [6.07, 6.45) is 2.06. The summed E-state index contributed by atoms with van der Waals surface area (Å²) in [6, 6.07) is 7.52. The highest BCUT2D eigenvalue weighted by Gasteiger charge is 2.27. The molecule has 1 aliphatic rings. The summed E-state index contributed by atoms with van der Waals surface area (Å²) in [5, 5.41) is 3.65. The van der Waals surface area contributed by atoms with Crippen LogP contribution in [0.25, 0.3) is 0 Å². The Labute approximate surface area is 170 Å². The molecule has 1 N–H and O–H groups in total. The van der Waals surface area contributed by atoms with E-state index in [1.54, 1.807) is 7.11 Å². The van der Waals surface area contributed by atoms with Crippen LogP contribution in [0.2, 0.25) is 0 Å². The molecular formula is C21H29N3O3S. The van der Waals surface area contributed by atoms with Gasteiger partial charge in [-0.15, -0.1) is 11.3 Å². The fraction of sp³-hybridized carbons (Fsp3) is 0.524. The first-order chi connectivity index (χ1) is 13.5. The van der Waals surface area contributed by atoms with Gasteiger partial charge in [0.2, 0.25) is 5.91 Å². The summed E-state index contributed by atoms with van der Waals surface area (Å²) < 4.78 is 11.1. The minimum atomic E-state index is -0.159. The zero-order valence-electron chi connectivity index (χ0n) is 17.0. The number of anilines is 1. The Morgan fingerprint density at radius 1 is 1.25 bits per heavy atom. The van der Waals surface area contributed by atoms with Crippen LogP contribution in [-0.2, 0) is 4.79 Å². The predicted molar refractivity (Wildman–Crippen MR) is 112 cm³/mol. The number of amides is 1. The second kappa shape index (κ2) is 9.39. The second-order valence-corrected chi connectivity index (χ2v) is 8.49. The zero-order valence-corrected chi connectivity index (χ0v) is 17.8. The summed E-state index contributed by atoms with van der Waals surface area (Å²) in [7, 11) is 1.66. The smallest absolute Gasteiger partial charge is 0.243 e. The Morgan fingerprint density at radius 2 is 1.89 bits per heavy atom. The molecule has 1 atom stereocenters. The Bertz CT molecular complexity index is 763. The van der Waals surface area contributed by atoms with Crippen LogP contribution in [0.1, 0.15) is 30.3 Å². The molecule has 0 spiro atoms. The summed E-state index contributed by atoms with van der Waals surface area (Å²) in [5.74, 6) is 2.22. The monoisotopic (exact) mass is 403 g/mol. The van der Waals surface area contributed by atoms with Gasteiger partial charge in [-0.05, 0) is 76.9 Å². The maximum atomic E-state index is 12.6. The molecule has 1 aromatic heterocycles. The van der Waals surface area contributed by atoms with Crippen molar-refractivity contribution in [3.8, 4) is 11.5 Å². The molecule has 2 heterocycles. The lowest BCUT2D eigenvalue weighted by Gasteiger charge is -2.35. The normalized spacial score (nSPS) is 16.6. The van der Waals surface area contributed by atoms with Gasteiger partial charge in [-0.1, -0.05) is 0 Å². The van der Waals surface area contributed by atoms with E-state index in [2.05, 4.69) is 15.2 Å². The molecule has 28 heavy (non-hydrogen) atoms. The Kier molecular flexibility index (Phi) is 6.91. The summed E-state index contributed by atoms with van der Waals surface area (Å²) in [6.45, 7) is 8.46. The maximum Gasteiger partial charge on any atom is 0.243 e. The van der Waals surface area contributed by atoms with E-state index in [1.165, 1.54) is 11.3 Å². The van der Waals surface area contributed by atoms with Crippen molar-refractivity contribution < 1.29 is 14.3 Å². The Balaban J connectivity index is 1.42. The van der Waals surface area contributed by atoms with Crippen LogP contribution in [-0.4, -0.2) is 48.6 Å². The van der Waals surface area contributed by atoms with E-state index in [9.17, 15) is 4.79 Å². The van der Waals surface area contributed by atoms with E-state index in [0.29, 0.717) is 17.7 Å². The number of aromatic nitrogens is 1. The molecule has 0 saturated carbocycles. The number of likely N-dealkylation sites (tertiary alicyclic amines) is 1. The van der Waals surface area contributed by atoms with Gasteiger partial charge in [-0.2, -0.15) is 0 Å². The largest absolute Gasteiger partial charge is 0.497 e. The van der Waals surface area contributed by atoms with E-state index in [4.69, 9.17) is 9.47 Å². The molecule has 6 nitrogen and oxygen atoms in total. The van der Waals surface area contributed by atoms with Crippen molar-refractivity contribution in [2.24, 2.45) is 5.92 Å². The number of rotatable bonds is 7. The lowest BCUT2D eigenvalue weighted by molar-refractivity contribution is -0.121. The molecule has 1 fully saturated rings. The fourth-order valence-electron chi connectivity index (χ4n) is 3.29. The van der Waals surface area contributed by atoms with E-state index >= 15 is 0 Å². The number of hydrogen-bond donors (Lipinski definition) is 1. The van der Waals surface area contributed by atoms with Crippen LogP contribution in [0.15, 0.2) is 24.3 Å². The van der Waals surface area contributed by atoms with Crippen LogP contribution in [0.3, 0.4) is 0 Å². The molecule has 1 saturated heterocycles. The number of methoxy groups -OCH3 is 1. The van der Waals surface area contributed by atoms with Crippen LogP contribution < -0.4 is 14.8 Å². The molecule has 7 heteroatoms. The third kappa shape index (κ3) is 5.23. The van der Waals surface area contributed by atoms with Crippen molar-refractivity contribution in [1.29, 1.82) is 0 Å². The van der Waals surface area contributed by atoms with Crippen LogP contribution in [0.5, 0.6) is 11.5 Å². The molecule has 3 rings (SSSR count). The molecule has 1 unspecified atom stereocenters. The molecule has 0 radical (unpaired) electrons. The van der Waals surface area contributed by atoms with Crippen molar-refractivity contribution in [2.75, 3.05) is 32.1 Å². The number of aryl methyl sites for hydroxylation is 2. The van der Waals surface area contributed by atoms with Gasteiger partial charge >= 0.3 is 0 Å². The molecule has 0 aliphatic carbocycles. The average molecular weight is 404 g/mol. The molecule has 1 aromatic carbocycles. The van der Waals surface area contributed by atoms with Crippen molar-refractivity contribution in [3.05, 3.63) is 34.8 Å². The third-order valence-electron chi connectivity index (χ3n) is 5.38. The summed E-state index contributed by atoms with van der Waals surface area (Å²) in [5.41, 5.74) is 0.977. The fourth-order valence-corrected chi connectivity index (χ4v) is 4.11. The summed E-state index contributed by atoms with van der Waals surface area (Å²) >= 11 is 1.53. The SMILES string of the molecule is COc1ccc(OCC2CCN(C(C)C(=O)Nc3nc(C)c(C)s3)CC2)cc1. The number of ether oxygens (including phenoxy) is 2. The molecule has 0 bridgehead atoms. The molecular weight excluding hydrogens is 374 g/mol. The van der Waals surface area contributed by atoms with E-state index in [-0.39, 0.29) is 11.9 Å². The van der Waals surface area contributed by atoms with Gasteiger partial charge in [-0.3, -0.25) is 9.69 Å². The lowest BCUT2D eigenvalue weighted by atomic mass is 9.96. The van der Waals surface area contributed by atoms with Crippen molar-refractivity contribution in [2.45, 2.75) is 39.7 Å². The standard InChI is InChI=1S/C21H29N3O3S/c1-14-16(3)28-21(22-14)23-20(25)15(2)24-11-9-17(10-12-24)13-27-19-7-5-18(26-4)6-8-19/h5-8,15,17H,9-13H2,1-4H3,(H,22,23,25). The number of hydrogen-bond acceptors (Lipinski definition) is 6. The van der Waals surface area contributed by atoms with Gasteiger partial charge < -0.3 is 14.8 Å². The van der Waals surface area contributed by atoms with Gasteiger partial charge in [0.15, 0.2) is 5.13 Å².